The van der Waals surface area contributed by atoms with E-state index in [-0.39, 0.29) is 23.3 Å². The quantitative estimate of drug-likeness (QED) is 0.696. The Morgan fingerprint density at radius 3 is 2.84 bits per heavy atom. The molecule has 0 aromatic heterocycles. The molecule has 0 aromatic rings. The summed E-state index contributed by atoms with van der Waals surface area (Å²) in [6.07, 6.45) is 1.77. The van der Waals surface area contributed by atoms with E-state index < -0.39 is 6.04 Å². The molecule has 2 heterocycles. The van der Waals surface area contributed by atoms with E-state index in [1.165, 1.54) is 0 Å². The van der Waals surface area contributed by atoms with Crippen LogP contribution in [0.4, 0.5) is 0 Å². The molecule has 0 radical (unpaired) electrons. The van der Waals surface area contributed by atoms with Crippen molar-refractivity contribution in [3.05, 3.63) is 0 Å². The predicted molar refractivity (Wildman–Crippen MR) is 73.5 cm³/mol. The largest absolute Gasteiger partial charge is 0.394 e. The van der Waals surface area contributed by atoms with Gasteiger partial charge in [0.2, 0.25) is 11.8 Å². The second kappa shape index (κ2) is 5.68. The molecule has 0 saturated carbocycles. The van der Waals surface area contributed by atoms with Crippen molar-refractivity contribution >= 4 is 23.6 Å². The zero-order chi connectivity index (χ0) is 14.0. The molecule has 2 atom stereocenters. The number of rotatable bonds is 2. The lowest BCUT2D eigenvalue weighted by Gasteiger charge is -2.45. The standard InChI is InChI=1S/C12H21N3O3S/c1-9(17)15-5-6-19-12(15)3-2-4-14(8-12)11(18)10(13)7-16/h10,16H,2-8,13H2,1H3. The lowest BCUT2D eigenvalue weighted by Crippen LogP contribution is -2.59. The SMILES string of the molecule is CC(=O)N1CCSC12CCCN(C(=O)C(N)CO)C2. The number of nitrogens with two attached hydrogens (primary N) is 1. The van der Waals surface area contributed by atoms with Crippen LogP contribution in [0, 0.1) is 0 Å². The molecule has 108 valence electrons. The number of carbonyl (C=O) groups is 2. The summed E-state index contributed by atoms with van der Waals surface area (Å²) in [6.45, 7) is 3.15. The van der Waals surface area contributed by atoms with Crippen molar-refractivity contribution in [1.82, 2.24) is 9.80 Å². The number of thioether (sulfide) groups is 1. The molecule has 2 aliphatic heterocycles. The minimum Gasteiger partial charge on any atom is -0.394 e. The molecule has 7 heteroatoms. The first-order valence-corrected chi connectivity index (χ1v) is 7.56. The average molecular weight is 287 g/mol. The van der Waals surface area contributed by atoms with Crippen LogP contribution in [0.5, 0.6) is 0 Å². The topological polar surface area (TPSA) is 86.9 Å². The molecule has 0 aromatic carbocycles. The summed E-state index contributed by atoms with van der Waals surface area (Å²) in [5.41, 5.74) is 5.60. The van der Waals surface area contributed by atoms with Crippen LogP contribution >= 0.6 is 11.8 Å². The van der Waals surface area contributed by atoms with E-state index in [1.807, 2.05) is 4.90 Å². The molecule has 2 aliphatic rings. The Hall–Kier alpha value is -0.790. The Labute approximate surface area is 117 Å². The molecule has 2 saturated heterocycles. The maximum Gasteiger partial charge on any atom is 0.241 e. The third-order valence-corrected chi connectivity index (χ3v) is 5.29. The Balaban J connectivity index is 2.12. The molecule has 2 unspecified atom stereocenters. The Kier molecular flexibility index (Phi) is 4.37. The Morgan fingerprint density at radius 1 is 1.47 bits per heavy atom. The van der Waals surface area contributed by atoms with Crippen LogP contribution in [0.1, 0.15) is 19.8 Å². The van der Waals surface area contributed by atoms with Gasteiger partial charge in [-0.15, -0.1) is 11.8 Å². The van der Waals surface area contributed by atoms with Gasteiger partial charge in [0, 0.05) is 25.8 Å². The molecule has 1 spiro atoms. The first kappa shape index (κ1) is 14.6. The van der Waals surface area contributed by atoms with Gasteiger partial charge in [-0.1, -0.05) is 0 Å². The molecule has 0 bridgehead atoms. The lowest BCUT2D eigenvalue weighted by atomic mass is 10.0. The number of hydrogen-bond acceptors (Lipinski definition) is 5. The molecule has 19 heavy (non-hydrogen) atoms. The van der Waals surface area contributed by atoms with Gasteiger partial charge in [-0.2, -0.15) is 0 Å². The van der Waals surface area contributed by atoms with E-state index >= 15 is 0 Å². The zero-order valence-electron chi connectivity index (χ0n) is 11.2. The number of aliphatic hydroxyl groups excluding tert-OH is 1. The van der Waals surface area contributed by atoms with Crippen molar-refractivity contribution in [2.24, 2.45) is 5.73 Å². The number of aliphatic hydroxyl groups is 1. The van der Waals surface area contributed by atoms with Gasteiger partial charge in [0.05, 0.1) is 13.2 Å². The smallest absolute Gasteiger partial charge is 0.241 e. The van der Waals surface area contributed by atoms with E-state index in [1.54, 1.807) is 23.6 Å². The van der Waals surface area contributed by atoms with E-state index in [4.69, 9.17) is 10.8 Å². The number of hydrogen-bond donors (Lipinski definition) is 2. The van der Waals surface area contributed by atoms with Gasteiger partial charge in [0.1, 0.15) is 10.9 Å². The fourth-order valence-corrected chi connectivity index (χ4v) is 4.46. The maximum atomic E-state index is 12.1. The monoisotopic (exact) mass is 287 g/mol. The van der Waals surface area contributed by atoms with Crippen LogP contribution in [0.3, 0.4) is 0 Å². The summed E-state index contributed by atoms with van der Waals surface area (Å²) >= 11 is 1.75. The van der Waals surface area contributed by atoms with Crippen molar-refractivity contribution in [1.29, 1.82) is 0 Å². The lowest BCUT2D eigenvalue weighted by molar-refractivity contribution is -0.140. The third kappa shape index (κ3) is 2.73. The van der Waals surface area contributed by atoms with Crippen molar-refractivity contribution < 1.29 is 14.7 Å². The van der Waals surface area contributed by atoms with Crippen molar-refractivity contribution in [2.45, 2.75) is 30.7 Å². The third-order valence-electron chi connectivity index (χ3n) is 3.82. The highest BCUT2D eigenvalue weighted by Gasteiger charge is 2.47. The van der Waals surface area contributed by atoms with E-state index in [0.29, 0.717) is 13.1 Å². The molecular weight excluding hydrogens is 266 g/mol. The van der Waals surface area contributed by atoms with Crippen LogP contribution in [-0.2, 0) is 9.59 Å². The van der Waals surface area contributed by atoms with Gasteiger partial charge >= 0.3 is 0 Å². The van der Waals surface area contributed by atoms with Gasteiger partial charge in [-0.25, -0.2) is 0 Å². The van der Waals surface area contributed by atoms with Crippen LogP contribution in [0.2, 0.25) is 0 Å². The summed E-state index contributed by atoms with van der Waals surface area (Å²) in [4.78, 5) is 27.1. The average Bonchev–Trinajstić information content (AvgIpc) is 2.80. The zero-order valence-corrected chi connectivity index (χ0v) is 12.0. The number of piperidine rings is 1. The normalized spacial score (nSPS) is 28.8. The molecule has 2 amide bonds. The van der Waals surface area contributed by atoms with E-state index in [2.05, 4.69) is 0 Å². The van der Waals surface area contributed by atoms with Gasteiger partial charge < -0.3 is 20.6 Å². The highest BCUT2D eigenvalue weighted by atomic mass is 32.2. The summed E-state index contributed by atoms with van der Waals surface area (Å²) in [5.74, 6) is 0.747. The highest BCUT2D eigenvalue weighted by molar-refractivity contribution is 8.00. The number of likely N-dealkylation sites (tertiary alicyclic amines) is 1. The second-order valence-electron chi connectivity index (χ2n) is 5.12. The minimum atomic E-state index is -0.854. The fraction of sp³-hybridized carbons (Fsp3) is 0.833. The Morgan fingerprint density at radius 2 is 2.21 bits per heavy atom. The second-order valence-corrected chi connectivity index (χ2v) is 6.57. The summed E-state index contributed by atoms with van der Waals surface area (Å²) < 4.78 is 0. The van der Waals surface area contributed by atoms with Gasteiger partial charge in [-0.05, 0) is 12.8 Å². The molecule has 2 fully saturated rings. The molecule has 0 aliphatic carbocycles. The number of amides is 2. The van der Waals surface area contributed by atoms with Gasteiger partial charge in [-0.3, -0.25) is 9.59 Å². The van der Waals surface area contributed by atoms with Crippen LogP contribution in [0.15, 0.2) is 0 Å². The number of carbonyl (C=O) groups excluding carboxylic acids is 2. The summed E-state index contributed by atoms with van der Waals surface area (Å²) in [5, 5.41) is 8.99. The van der Waals surface area contributed by atoms with E-state index in [0.717, 1.165) is 25.1 Å². The summed E-state index contributed by atoms with van der Waals surface area (Å²) in [6, 6.07) is -0.854. The van der Waals surface area contributed by atoms with Crippen LogP contribution < -0.4 is 5.73 Å². The first-order valence-electron chi connectivity index (χ1n) is 6.57. The first-order chi connectivity index (χ1) is 9.00. The fourth-order valence-electron chi connectivity index (χ4n) is 2.89. The predicted octanol–water partition coefficient (Wildman–Crippen LogP) is -0.780. The molecule has 3 N–H and O–H groups in total. The molecule has 6 nitrogen and oxygen atoms in total. The molecule has 2 rings (SSSR count). The summed E-state index contributed by atoms with van der Waals surface area (Å²) in [7, 11) is 0. The van der Waals surface area contributed by atoms with Crippen molar-refractivity contribution in [3.63, 3.8) is 0 Å². The Bertz CT molecular complexity index is 379. The molecular formula is C12H21N3O3S. The van der Waals surface area contributed by atoms with Gasteiger partial charge in [0.15, 0.2) is 0 Å². The van der Waals surface area contributed by atoms with Gasteiger partial charge in [0.25, 0.3) is 0 Å². The maximum absolute atomic E-state index is 12.1. The highest BCUT2D eigenvalue weighted by Crippen LogP contribution is 2.42. The van der Waals surface area contributed by atoms with Crippen molar-refractivity contribution in [3.8, 4) is 0 Å². The number of nitrogens with zero attached hydrogens (tertiary/aromatic N) is 2. The van der Waals surface area contributed by atoms with Crippen LogP contribution in [0.25, 0.3) is 0 Å². The van der Waals surface area contributed by atoms with Crippen molar-refractivity contribution in [2.75, 3.05) is 32.0 Å². The van der Waals surface area contributed by atoms with E-state index in [9.17, 15) is 9.59 Å². The van der Waals surface area contributed by atoms with Crippen LogP contribution in [-0.4, -0.2) is 69.6 Å². The minimum absolute atomic E-state index is 0.0609.